The minimum absolute atomic E-state index is 0.0269. The minimum Gasteiger partial charge on any atom is -0.311 e. The molecular weight excluding hydrogens is 277 g/mol. The lowest BCUT2D eigenvalue weighted by Crippen LogP contribution is -2.64. The van der Waals surface area contributed by atoms with E-state index in [-0.39, 0.29) is 12.0 Å². The molecule has 0 spiro atoms. The number of hydrogen-bond acceptors (Lipinski definition) is 2. The van der Waals surface area contributed by atoms with Crippen LogP contribution in [0.1, 0.15) is 59.8 Å². The van der Waals surface area contributed by atoms with Crippen LogP contribution in [0.3, 0.4) is 0 Å². The van der Waals surface area contributed by atoms with Gasteiger partial charge in [-0.05, 0) is 38.1 Å². The molecule has 0 bridgehead atoms. The first-order valence-corrected chi connectivity index (χ1v) is 8.27. The molecule has 0 aromatic heterocycles. The smallest absolute Gasteiger partial charge is 0.311 e. The Morgan fingerprint density at radius 3 is 2.33 bits per heavy atom. The first kappa shape index (κ1) is 18.8. The summed E-state index contributed by atoms with van der Waals surface area (Å²) in [7, 11) is 0. The van der Waals surface area contributed by atoms with Crippen molar-refractivity contribution < 1.29 is 13.2 Å². The fraction of sp³-hybridized carbons (Fsp3) is 1.00. The van der Waals surface area contributed by atoms with Gasteiger partial charge in [-0.1, -0.05) is 27.7 Å². The zero-order chi connectivity index (χ0) is 16.1. The summed E-state index contributed by atoms with van der Waals surface area (Å²) in [5, 5.41) is 3.62. The van der Waals surface area contributed by atoms with E-state index < -0.39 is 12.6 Å². The summed E-state index contributed by atoms with van der Waals surface area (Å²) in [6.45, 7) is 11.0. The quantitative estimate of drug-likeness (QED) is 0.758. The molecule has 1 saturated heterocycles. The maximum atomic E-state index is 12.4. The van der Waals surface area contributed by atoms with Crippen LogP contribution in [0.2, 0.25) is 0 Å². The van der Waals surface area contributed by atoms with Crippen LogP contribution in [-0.4, -0.2) is 42.3 Å². The molecule has 21 heavy (non-hydrogen) atoms. The van der Waals surface area contributed by atoms with Gasteiger partial charge >= 0.3 is 6.18 Å². The van der Waals surface area contributed by atoms with E-state index in [0.29, 0.717) is 18.5 Å². The van der Waals surface area contributed by atoms with Crippen molar-refractivity contribution in [2.24, 2.45) is 5.92 Å². The Balaban J connectivity index is 2.65. The lowest BCUT2D eigenvalue weighted by Gasteiger charge is -2.50. The molecule has 0 saturated carbocycles. The molecular formula is C16H31F3N2. The van der Waals surface area contributed by atoms with E-state index in [9.17, 15) is 13.2 Å². The third-order valence-corrected chi connectivity index (χ3v) is 4.79. The van der Waals surface area contributed by atoms with Crippen molar-refractivity contribution in [2.75, 3.05) is 19.6 Å². The van der Waals surface area contributed by atoms with Crippen molar-refractivity contribution in [1.29, 1.82) is 0 Å². The normalized spacial score (nSPS) is 23.7. The van der Waals surface area contributed by atoms with E-state index in [0.717, 1.165) is 32.4 Å². The van der Waals surface area contributed by atoms with Gasteiger partial charge in [-0.3, -0.25) is 4.90 Å². The van der Waals surface area contributed by atoms with Crippen molar-refractivity contribution in [3.8, 4) is 0 Å². The fourth-order valence-electron chi connectivity index (χ4n) is 3.44. The van der Waals surface area contributed by atoms with E-state index in [1.807, 2.05) is 0 Å². The maximum Gasteiger partial charge on any atom is 0.389 e. The molecule has 1 N–H and O–H groups in total. The predicted molar refractivity (Wildman–Crippen MR) is 81.4 cm³/mol. The summed E-state index contributed by atoms with van der Waals surface area (Å²) in [4.78, 5) is 2.32. The third-order valence-electron chi connectivity index (χ3n) is 4.79. The zero-order valence-electron chi connectivity index (χ0n) is 13.9. The van der Waals surface area contributed by atoms with Gasteiger partial charge in [-0.25, -0.2) is 0 Å². The maximum absolute atomic E-state index is 12.4. The second-order valence-corrected chi connectivity index (χ2v) is 6.80. The molecule has 0 aromatic carbocycles. The topological polar surface area (TPSA) is 15.3 Å². The lowest BCUT2D eigenvalue weighted by molar-refractivity contribution is -0.137. The Morgan fingerprint density at radius 1 is 1.24 bits per heavy atom. The summed E-state index contributed by atoms with van der Waals surface area (Å²) in [5.41, 5.74) is 0.0269. The first-order chi connectivity index (χ1) is 9.72. The molecule has 0 aromatic rings. The molecule has 1 aliphatic rings. The van der Waals surface area contributed by atoms with Crippen molar-refractivity contribution >= 4 is 0 Å². The molecule has 0 aliphatic carbocycles. The second kappa shape index (κ2) is 7.82. The molecule has 2 nitrogen and oxygen atoms in total. The molecule has 1 atom stereocenters. The van der Waals surface area contributed by atoms with Crippen LogP contribution in [0.25, 0.3) is 0 Å². The van der Waals surface area contributed by atoms with Gasteiger partial charge in [0.15, 0.2) is 0 Å². The highest BCUT2D eigenvalue weighted by Crippen LogP contribution is 2.30. The monoisotopic (exact) mass is 308 g/mol. The average Bonchev–Trinajstić information content (AvgIpc) is 2.37. The van der Waals surface area contributed by atoms with E-state index in [1.165, 1.54) is 0 Å². The van der Waals surface area contributed by atoms with Crippen molar-refractivity contribution in [3.05, 3.63) is 0 Å². The molecule has 0 radical (unpaired) electrons. The van der Waals surface area contributed by atoms with Crippen LogP contribution in [0.15, 0.2) is 0 Å². The standard InChI is InChI=1S/C16H31F3N2/c1-5-15(6-2)12-20-14(10-13(3)4)11-21(15)9-7-8-16(17,18)19/h13-14,20H,5-12H2,1-4H3. The highest BCUT2D eigenvalue weighted by molar-refractivity contribution is 4.97. The Morgan fingerprint density at radius 2 is 1.86 bits per heavy atom. The van der Waals surface area contributed by atoms with Gasteiger partial charge in [0.2, 0.25) is 0 Å². The molecule has 1 aliphatic heterocycles. The summed E-state index contributed by atoms with van der Waals surface area (Å²) in [5.74, 6) is 0.607. The Bertz CT molecular complexity index is 298. The van der Waals surface area contributed by atoms with E-state index in [2.05, 4.69) is 37.9 Å². The van der Waals surface area contributed by atoms with Crippen LogP contribution < -0.4 is 5.32 Å². The molecule has 1 rings (SSSR count). The molecule has 126 valence electrons. The molecule has 5 heteroatoms. The van der Waals surface area contributed by atoms with Crippen molar-refractivity contribution in [1.82, 2.24) is 10.2 Å². The summed E-state index contributed by atoms with van der Waals surface area (Å²) in [6, 6.07) is 0.405. The Hall–Kier alpha value is -0.290. The average molecular weight is 308 g/mol. The van der Waals surface area contributed by atoms with Gasteiger partial charge in [0.25, 0.3) is 0 Å². The number of piperazine rings is 1. The largest absolute Gasteiger partial charge is 0.389 e. The van der Waals surface area contributed by atoms with Crippen LogP contribution in [0.4, 0.5) is 13.2 Å². The predicted octanol–water partition coefficient (Wildman–Crippen LogP) is 4.21. The SMILES string of the molecule is CCC1(CC)CNC(CC(C)C)CN1CCCC(F)(F)F. The van der Waals surface area contributed by atoms with Gasteiger partial charge < -0.3 is 5.32 Å². The first-order valence-electron chi connectivity index (χ1n) is 8.27. The van der Waals surface area contributed by atoms with Gasteiger partial charge in [-0.2, -0.15) is 13.2 Å². The van der Waals surface area contributed by atoms with Gasteiger partial charge in [-0.15, -0.1) is 0 Å². The van der Waals surface area contributed by atoms with E-state index in [1.54, 1.807) is 0 Å². The lowest BCUT2D eigenvalue weighted by atomic mass is 9.85. The fourth-order valence-corrected chi connectivity index (χ4v) is 3.44. The molecule has 1 fully saturated rings. The molecule has 1 unspecified atom stereocenters. The summed E-state index contributed by atoms with van der Waals surface area (Å²) >= 11 is 0. The van der Waals surface area contributed by atoms with Crippen LogP contribution in [0, 0.1) is 5.92 Å². The summed E-state index contributed by atoms with van der Waals surface area (Å²) in [6.07, 6.45) is -1.45. The Labute approximate surface area is 127 Å². The highest BCUT2D eigenvalue weighted by Gasteiger charge is 2.39. The van der Waals surface area contributed by atoms with Crippen LogP contribution in [0.5, 0.6) is 0 Å². The number of halogens is 3. The summed E-state index contributed by atoms with van der Waals surface area (Å²) < 4.78 is 37.2. The Kier molecular flexibility index (Phi) is 6.98. The van der Waals surface area contributed by atoms with E-state index in [4.69, 9.17) is 0 Å². The van der Waals surface area contributed by atoms with Crippen LogP contribution >= 0.6 is 0 Å². The number of alkyl halides is 3. The van der Waals surface area contributed by atoms with Crippen molar-refractivity contribution in [3.63, 3.8) is 0 Å². The van der Waals surface area contributed by atoms with Gasteiger partial charge in [0.1, 0.15) is 0 Å². The number of nitrogens with one attached hydrogen (secondary N) is 1. The molecule has 0 amide bonds. The van der Waals surface area contributed by atoms with Crippen molar-refractivity contribution in [2.45, 2.75) is 77.6 Å². The minimum atomic E-state index is -4.04. The second-order valence-electron chi connectivity index (χ2n) is 6.80. The third kappa shape index (κ3) is 5.78. The highest BCUT2D eigenvalue weighted by atomic mass is 19.4. The van der Waals surface area contributed by atoms with Crippen LogP contribution in [-0.2, 0) is 0 Å². The van der Waals surface area contributed by atoms with E-state index >= 15 is 0 Å². The number of hydrogen-bond donors (Lipinski definition) is 1. The van der Waals surface area contributed by atoms with Gasteiger partial charge in [0.05, 0.1) is 0 Å². The zero-order valence-corrected chi connectivity index (χ0v) is 13.9. The molecule has 1 heterocycles. The van der Waals surface area contributed by atoms with Gasteiger partial charge in [0, 0.05) is 31.1 Å². The number of nitrogens with zero attached hydrogens (tertiary/aromatic N) is 1. The number of rotatable bonds is 7.